The van der Waals surface area contributed by atoms with Crippen LogP contribution < -0.4 is 10.6 Å². The predicted molar refractivity (Wildman–Crippen MR) is 84.3 cm³/mol. The quantitative estimate of drug-likeness (QED) is 0.871. The van der Waals surface area contributed by atoms with Crippen molar-refractivity contribution in [3.63, 3.8) is 0 Å². The molecule has 0 saturated carbocycles. The average Bonchev–Trinajstić information content (AvgIpc) is 2.89. The highest BCUT2D eigenvalue weighted by Gasteiger charge is 2.44. The molecule has 22 heavy (non-hydrogen) atoms. The van der Waals surface area contributed by atoms with Crippen LogP contribution in [-0.2, 0) is 16.1 Å². The summed E-state index contributed by atoms with van der Waals surface area (Å²) in [5, 5.41) is 6.25. The number of benzene rings is 1. The van der Waals surface area contributed by atoms with E-state index >= 15 is 0 Å². The fraction of sp³-hybridized carbons (Fsp3) is 0.529. The van der Waals surface area contributed by atoms with Crippen LogP contribution in [0, 0.1) is 13.8 Å². The molecule has 2 amide bonds. The van der Waals surface area contributed by atoms with Crippen molar-refractivity contribution in [1.82, 2.24) is 15.5 Å². The van der Waals surface area contributed by atoms with E-state index in [0.717, 1.165) is 6.54 Å². The van der Waals surface area contributed by atoms with Gasteiger partial charge in [0.05, 0.1) is 0 Å². The van der Waals surface area contributed by atoms with Crippen molar-refractivity contribution in [2.24, 2.45) is 0 Å². The number of carbonyl (C=O) groups excluding carboxylic acids is 2. The number of rotatable bonds is 3. The van der Waals surface area contributed by atoms with Crippen LogP contribution in [-0.4, -0.2) is 41.4 Å². The molecule has 1 aromatic rings. The maximum absolute atomic E-state index is 12.1. The van der Waals surface area contributed by atoms with Gasteiger partial charge < -0.3 is 15.5 Å². The van der Waals surface area contributed by atoms with Crippen LogP contribution in [0.2, 0.25) is 0 Å². The van der Waals surface area contributed by atoms with Gasteiger partial charge in [0.15, 0.2) is 0 Å². The molecular formula is C17H23N3O2. The Bertz CT molecular complexity index is 614. The number of hydrogen-bond acceptors (Lipinski definition) is 3. The molecule has 2 saturated heterocycles. The molecule has 0 unspecified atom stereocenters. The first-order chi connectivity index (χ1) is 10.5. The van der Waals surface area contributed by atoms with Gasteiger partial charge in [0, 0.05) is 19.1 Å². The van der Waals surface area contributed by atoms with Gasteiger partial charge >= 0.3 is 0 Å². The van der Waals surface area contributed by atoms with Crippen molar-refractivity contribution in [1.29, 1.82) is 0 Å². The van der Waals surface area contributed by atoms with Crippen LogP contribution in [0.4, 0.5) is 0 Å². The van der Waals surface area contributed by atoms with Gasteiger partial charge in [-0.15, -0.1) is 0 Å². The number of piperazine rings is 1. The summed E-state index contributed by atoms with van der Waals surface area (Å²) < 4.78 is 0. The highest BCUT2D eigenvalue weighted by atomic mass is 16.2. The third-order valence-corrected chi connectivity index (χ3v) is 4.70. The molecule has 1 aromatic carbocycles. The van der Waals surface area contributed by atoms with Crippen LogP contribution in [0.25, 0.3) is 0 Å². The molecule has 0 spiro atoms. The zero-order valence-corrected chi connectivity index (χ0v) is 13.3. The van der Waals surface area contributed by atoms with Gasteiger partial charge in [0.2, 0.25) is 11.8 Å². The monoisotopic (exact) mass is 301 g/mol. The fourth-order valence-corrected chi connectivity index (χ4v) is 3.39. The number of amides is 2. The van der Waals surface area contributed by atoms with Crippen LogP contribution in [0.15, 0.2) is 18.2 Å². The van der Waals surface area contributed by atoms with Gasteiger partial charge in [0.25, 0.3) is 0 Å². The third kappa shape index (κ3) is 2.73. The second-order valence-corrected chi connectivity index (χ2v) is 6.48. The summed E-state index contributed by atoms with van der Waals surface area (Å²) >= 11 is 0. The van der Waals surface area contributed by atoms with Gasteiger partial charge in [-0.2, -0.15) is 0 Å². The van der Waals surface area contributed by atoms with E-state index in [-0.39, 0.29) is 23.9 Å². The molecule has 118 valence electrons. The van der Waals surface area contributed by atoms with Crippen LogP contribution in [0.1, 0.15) is 30.0 Å². The molecule has 0 aliphatic carbocycles. The van der Waals surface area contributed by atoms with Gasteiger partial charge in [-0.05, 0) is 38.3 Å². The molecule has 2 aliphatic rings. The minimum Gasteiger partial charge on any atom is -0.343 e. The van der Waals surface area contributed by atoms with Crippen molar-refractivity contribution in [3.05, 3.63) is 34.9 Å². The summed E-state index contributed by atoms with van der Waals surface area (Å²) in [5.74, 6) is 0.00309. The van der Waals surface area contributed by atoms with Crippen molar-refractivity contribution in [2.75, 3.05) is 6.54 Å². The lowest BCUT2D eigenvalue weighted by Crippen LogP contribution is -2.60. The molecule has 2 fully saturated rings. The normalized spacial score (nSPS) is 27.8. The van der Waals surface area contributed by atoms with Crippen molar-refractivity contribution < 1.29 is 9.59 Å². The van der Waals surface area contributed by atoms with Crippen molar-refractivity contribution >= 4 is 11.8 Å². The van der Waals surface area contributed by atoms with Crippen molar-refractivity contribution in [3.8, 4) is 0 Å². The minimum absolute atomic E-state index is 0.0251. The summed E-state index contributed by atoms with van der Waals surface area (Å²) in [6, 6.07) is 5.89. The topological polar surface area (TPSA) is 61.4 Å². The van der Waals surface area contributed by atoms with E-state index in [0.29, 0.717) is 13.0 Å². The molecule has 2 heterocycles. The van der Waals surface area contributed by atoms with E-state index < -0.39 is 6.04 Å². The molecule has 5 nitrogen and oxygen atoms in total. The average molecular weight is 301 g/mol. The number of nitrogens with one attached hydrogen (secondary N) is 2. The molecule has 0 aromatic heterocycles. The summed E-state index contributed by atoms with van der Waals surface area (Å²) in [7, 11) is 0. The molecule has 5 heteroatoms. The van der Waals surface area contributed by atoms with Gasteiger partial charge in [-0.1, -0.05) is 23.8 Å². The second kappa shape index (κ2) is 5.72. The Balaban J connectivity index is 1.63. The predicted octanol–water partition coefficient (Wildman–Crippen LogP) is 0.881. The Morgan fingerprint density at radius 1 is 1.32 bits per heavy atom. The van der Waals surface area contributed by atoms with Gasteiger partial charge in [-0.25, -0.2) is 0 Å². The van der Waals surface area contributed by atoms with E-state index in [9.17, 15) is 9.59 Å². The van der Waals surface area contributed by atoms with Crippen molar-refractivity contribution in [2.45, 2.75) is 51.9 Å². The van der Waals surface area contributed by atoms with E-state index in [1.54, 1.807) is 11.8 Å². The lowest BCUT2D eigenvalue weighted by Gasteiger charge is -2.32. The molecule has 2 N–H and O–H groups in total. The van der Waals surface area contributed by atoms with E-state index in [1.165, 1.54) is 16.7 Å². The second-order valence-electron chi connectivity index (χ2n) is 6.48. The lowest BCUT2D eigenvalue weighted by molar-refractivity contribution is -0.146. The van der Waals surface area contributed by atoms with E-state index in [2.05, 4.69) is 42.7 Å². The number of hydrogen-bond donors (Lipinski definition) is 2. The Morgan fingerprint density at radius 2 is 2.09 bits per heavy atom. The largest absolute Gasteiger partial charge is 0.343 e. The van der Waals surface area contributed by atoms with Crippen LogP contribution >= 0.6 is 0 Å². The number of nitrogens with zero attached hydrogens (tertiary/aromatic N) is 1. The SMILES string of the molecule is Cc1ccc(CN[C@H]2C[C@H]3C(=O)N[C@@H](C)C(=O)N3C2)c(C)c1. The first-order valence-corrected chi connectivity index (χ1v) is 7.86. The van der Waals surface area contributed by atoms with E-state index in [1.807, 2.05) is 0 Å². The zero-order valence-electron chi connectivity index (χ0n) is 13.3. The van der Waals surface area contributed by atoms with Gasteiger partial charge in [0.1, 0.15) is 12.1 Å². The third-order valence-electron chi connectivity index (χ3n) is 4.70. The van der Waals surface area contributed by atoms with Crippen LogP contribution in [0.5, 0.6) is 0 Å². The summed E-state index contributed by atoms with van der Waals surface area (Å²) in [5.41, 5.74) is 3.79. The molecular weight excluding hydrogens is 278 g/mol. The number of aryl methyl sites for hydroxylation is 2. The van der Waals surface area contributed by atoms with Gasteiger partial charge in [-0.3, -0.25) is 9.59 Å². The Labute approximate surface area is 131 Å². The highest BCUT2D eigenvalue weighted by molar-refractivity contribution is 5.97. The highest BCUT2D eigenvalue weighted by Crippen LogP contribution is 2.23. The Hall–Kier alpha value is -1.88. The standard InChI is InChI=1S/C17H23N3O2/c1-10-4-5-13(11(2)6-10)8-18-14-7-15-16(21)19-12(3)17(22)20(15)9-14/h4-6,12,14-15,18H,7-9H2,1-3H3,(H,19,21)/t12-,14-,15-/m0/s1. The van der Waals surface area contributed by atoms with Crippen LogP contribution in [0.3, 0.4) is 0 Å². The molecule has 2 aliphatic heterocycles. The Kier molecular flexibility index (Phi) is 3.91. The lowest BCUT2D eigenvalue weighted by atomic mass is 10.0. The molecule has 0 radical (unpaired) electrons. The summed E-state index contributed by atoms with van der Waals surface area (Å²) in [6.07, 6.45) is 0.690. The number of carbonyl (C=O) groups is 2. The molecule has 3 atom stereocenters. The van der Waals surface area contributed by atoms with E-state index in [4.69, 9.17) is 0 Å². The Morgan fingerprint density at radius 3 is 2.82 bits per heavy atom. The summed E-state index contributed by atoms with van der Waals surface area (Å²) in [4.78, 5) is 25.9. The maximum atomic E-state index is 12.1. The minimum atomic E-state index is -0.401. The first kappa shape index (κ1) is 15.0. The molecule has 3 rings (SSSR count). The first-order valence-electron chi connectivity index (χ1n) is 7.86. The fourth-order valence-electron chi connectivity index (χ4n) is 3.39. The zero-order chi connectivity index (χ0) is 15.9. The smallest absolute Gasteiger partial charge is 0.245 e. The maximum Gasteiger partial charge on any atom is 0.245 e. The number of fused-ring (bicyclic) bond motifs is 1. The molecule has 0 bridgehead atoms. The summed E-state index contributed by atoms with van der Waals surface area (Å²) in [6.45, 7) is 7.33.